The average molecular weight is 340 g/mol. The summed E-state index contributed by atoms with van der Waals surface area (Å²) in [6, 6.07) is 19.1. The summed E-state index contributed by atoms with van der Waals surface area (Å²) in [5.74, 6) is 3.80. The largest absolute Gasteiger partial charge is 0.458 e. The number of hydrogen-bond donors (Lipinski definition) is 0. The maximum absolute atomic E-state index is 6.45. The van der Waals surface area contributed by atoms with Crippen LogP contribution in [0.4, 0.5) is 0 Å². The van der Waals surface area contributed by atoms with E-state index in [1.807, 2.05) is 12.1 Å². The Morgan fingerprint density at radius 2 is 1.31 bits per heavy atom. The average Bonchev–Trinajstić information content (AvgIpc) is 2.61. The van der Waals surface area contributed by atoms with E-state index in [9.17, 15) is 0 Å². The fraction of sp³-hybridized carbons (Fsp3) is 0.217. The highest BCUT2D eigenvalue weighted by atomic mass is 16.5. The van der Waals surface area contributed by atoms with Crippen LogP contribution in [0.25, 0.3) is 0 Å². The molecule has 0 saturated carbocycles. The van der Waals surface area contributed by atoms with E-state index in [0.717, 1.165) is 28.5 Å². The molecule has 0 aliphatic carbocycles. The first-order valence-corrected chi connectivity index (χ1v) is 9.16. The number of benzene rings is 3. The van der Waals surface area contributed by atoms with Crippen molar-refractivity contribution in [3.05, 3.63) is 65.7 Å². The van der Waals surface area contributed by atoms with E-state index in [2.05, 4.69) is 70.2 Å². The molecule has 0 N–H and O–H groups in total. The third kappa shape index (κ3) is 2.06. The third-order valence-electron chi connectivity index (χ3n) is 5.46. The van der Waals surface area contributed by atoms with Gasteiger partial charge in [-0.15, -0.1) is 0 Å². The van der Waals surface area contributed by atoms with Gasteiger partial charge < -0.3 is 9.47 Å². The van der Waals surface area contributed by atoms with E-state index in [-0.39, 0.29) is 12.1 Å². The Balaban J connectivity index is 1.85. The van der Waals surface area contributed by atoms with Gasteiger partial charge in [0.05, 0.1) is 0 Å². The summed E-state index contributed by atoms with van der Waals surface area (Å²) in [4.78, 5) is 0. The van der Waals surface area contributed by atoms with Gasteiger partial charge in [-0.2, -0.15) is 0 Å². The predicted octanol–water partition coefficient (Wildman–Crippen LogP) is 4.02. The van der Waals surface area contributed by atoms with Crippen LogP contribution in [0.3, 0.4) is 0 Å². The van der Waals surface area contributed by atoms with E-state index in [1.165, 1.54) is 22.1 Å². The Labute approximate surface area is 154 Å². The molecule has 2 aliphatic rings. The highest BCUT2D eigenvalue weighted by Gasteiger charge is 2.41. The Kier molecular flexibility index (Phi) is 3.09. The number of rotatable bonds is 0. The fourth-order valence-corrected chi connectivity index (χ4v) is 4.21. The molecular weight excluding hydrogens is 319 g/mol. The molecular formula is C23H21BO2. The van der Waals surface area contributed by atoms with Crippen molar-refractivity contribution in [1.82, 2.24) is 0 Å². The molecule has 0 atom stereocenters. The molecule has 3 heteroatoms. The minimum absolute atomic E-state index is 0.0149. The van der Waals surface area contributed by atoms with Gasteiger partial charge in [0.25, 0.3) is 6.71 Å². The predicted molar refractivity (Wildman–Crippen MR) is 108 cm³/mol. The summed E-state index contributed by atoms with van der Waals surface area (Å²) in [5.41, 5.74) is 6.02. The first-order valence-electron chi connectivity index (χ1n) is 9.16. The molecule has 2 nitrogen and oxygen atoms in total. The third-order valence-corrected chi connectivity index (χ3v) is 5.46. The Morgan fingerprint density at radius 3 is 2.00 bits per heavy atom. The molecule has 0 unspecified atom stereocenters. The molecule has 3 aromatic carbocycles. The molecule has 5 rings (SSSR count). The summed E-state index contributed by atoms with van der Waals surface area (Å²) in [7, 11) is 0. The highest BCUT2D eigenvalue weighted by molar-refractivity contribution is 6.98. The lowest BCUT2D eigenvalue weighted by Gasteiger charge is -2.35. The van der Waals surface area contributed by atoms with Gasteiger partial charge in [0.2, 0.25) is 0 Å². The lowest BCUT2D eigenvalue weighted by atomic mass is 9.34. The van der Waals surface area contributed by atoms with Crippen LogP contribution in [-0.2, 0) is 5.41 Å². The fourth-order valence-electron chi connectivity index (χ4n) is 4.21. The molecule has 0 radical (unpaired) electrons. The van der Waals surface area contributed by atoms with Gasteiger partial charge >= 0.3 is 0 Å². The van der Waals surface area contributed by atoms with E-state index < -0.39 is 0 Å². The van der Waals surface area contributed by atoms with Gasteiger partial charge in [0.1, 0.15) is 23.0 Å². The lowest BCUT2D eigenvalue weighted by Crippen LogP contribution is -2.57. The first kappa shape index (κ1) is 15.6. The molecule has 0 bridgehead atoms. The molecule has 128 valence electrons. The Hall–Kier alpha value is -2.68. The molecule has 0 fully saturated rings. The highest BCUT2D eigenvalue weighted by Crippen LogP contribution is 2.39. The summed E-state index contributed by atoms with van der Waals surface area (Å²) in [6.45, 7) is 8.97. The van der Waals surface area contributed by atoms with Crippen molar-refractivity contribution in [2.45, 2.75) is 33.1 Å². The van der Waals surface area contributed by atoms with Gasteiger partial charge in [-0.3, -0.25) is 0 Å². The van der Waals surface area contributed by atoms with Gasteiger partial charge in [0, 0.05) is 5.46 Å². The molecule has 0 aromatic heterocycles. The second kappa shape index (κ2) is 5.17. The Bertz CT molecular complexity index is 1050. The molecule has 3 aromatic rings. The number of aryl methyl sites for hydroxylation is 1. The number of hydrogen-bond acceptors (Lipinski definition) is 2. The monoisotopic (exact) mass is 340 g/mol. The van der Waals surface area contributed by atoms with Gasteiger partial charge in [-0.25, -0.2) is 0 Å². The zero-order valence-corrected chi connectivity index (χ0v) is 15.6. The van der Waals surface area contributed by atoms with Gasteiger partial charge in [-0.05, 0) is 46.5 Å². The van der Waals surface area contributed by atoms with Crippen LogP contribution in [0, 0.1) is 6.92 Å². The smallest absolute Gasteiger partial charge is 0.260 e. The van der Waals surface area contributed by atoms with E-state index in [4.69, 9.17) is 9.47 Å². The van der Waals surface area contributed by atoms with Crippen LogP contribution in [0.1, 0.15) is 31.9 Å². The number of ether oxygens (including phenoxy) is 2. The molecule has 0 amide bonds. The van der Waals surface area contributed by atoms with Crippen LogP contribution in [0.5, 0.6) is 23.0 Å². The van der Waals surface area contributed by atoms with Crippen molar-refractivity contribution in [3.8, 4) is 23.0 Å². The van der Waals surface area contributed by atoms with Crippen molar-refractivity contribution >= 4 is 23.1 Å². The number of fused-ring (bicyclic) bond motifs is 4. The molecule has 2 aliphatic heterocycles. The summed E-state index contributed by atoms with van der Waals surface area (Å²) in [5, 5.41) is 0. The zero-order chi connectivity index (χ0) is 18.1. The van der Waals surface area contributed by atoms with Crippen molar-refractivity contribution in [1.29, 1.82) is 0 Å². The summed E-state index contributed by atoms with van der Waals surface area (Å²) >= 11 is 0. The van der Waals surface area contributed by atoms with E-state index in [0.29, 0.717) is 0 Å². The second-order valence-corrected chi connectivity index (χ2v) is 8.27. The van der Waals surface area contributed by atoms with Crippen LogP contribution >= 0.6 is 0 Å². The Morgan fingerprint density at radius 1 is 0.731 bits per heavy atom. The SMILES string of the molecule is Cc1cccc2c1Oc1cccc3c1B2c1cccc(C(C)(C)C)c1O3. The molecule has 0 spiro atoms. The second-order valence-electron chi connectivity index (χ2n) is 8.27. The van der Waals surface area contributed by atoms with Crippen LogP contribution in [-0.4, -0.2) is 6.71 Å². The van der Waals surface area contributed by atoms with Gasteiger partial charge in [-0.1, -0.05) is 63.2 Å². The molecule has 0 saturated heterocycles. The summed E-state index contributed by atoms with van der Waals surface area (Å²) < 4.78 is 12.7. The van der Waals surface area contributed by atoms with Crippen molar-refractivity contribution in [2.75, 3.05) is 0 Å². The minimum Gasteiger partial charge on any atom is -0.458 e. The van der Waals surface area contributed by atoms with E-state index >= 15 is 0 Å². The molecule has 2 heterocycles. The maximum atomic E-state index is 6.45. The molecule has 26 heavy (non-hydrogen) atoms. The summed E-state index contributed by atoms with van der Waals surface area (Å²) in [6.07, 6.45) is 0. The number of para-hydroxylation sites is 2. The van der Waals surface area contributed by atoms with Crippen molar-refractivity contribution in [3.63, 3.8) is 0 Å². The van der Waals surface area contributed by atoms with Crippen LogP contribution in [0.2, 0.25) is 0 Å². The van der Waals surface area contributed by atoms with Gasteiger partial charge in [0.15, 0.2) is 0 Å². The first-order chi connectivity index (χ1) is 12.4. The standard InChI is InChI=1S/C23H21BO2/c1-14-8-5-10-16-21(14)25-18-12-7-13-19-20(18)24(16)17-11-6-9-15(22(17)26-19)23(2,3)4/h5-13H,1-4H3. The maximum Gasteiger partial charge on any atom is 0.260 e. The lowest BCUT2D eigenvalue weighted by molar-refractivity contribution is 0.448. The zero-order valence-electron chi connectivity index (χ0n) is 15.6. The van der Waals surface area contributed by atoms with Crippen molar-refractivity contribution < 1.29 is 9.47 Å². The van der Waals surface area contributed by atoms with Crippen LogP contribution < -0.4 is 25.9 Å². The topological polar surface area (TPSA) is 18.5 Å². The minimum atomic E-state index is 0.0149. The van der Waals surface area contributed by atoms with E-state index in [1.54, 1.807) is 0 Å². The quantitative estimate of drug-likeness (QED) is 0.397. The van der Waals surface area contributed by atoms with Crippen LogP contribution in [0.15, 0.2) is 54.6 Å². The van der Waals surface area contributed by atoms with Crippen molar-refractivity contribution in [2.24, 2.45) is 0 Å². The normalized spacial score (nSPS) is 13.9.